The summed E-state index contributed by atoms with van der Waals surface area (Å²) in [4.78, 5) is 50.5. The van der Waals surface area contributed by atoms with Crippen LogP contribution >= 0.6 is 0 Å². The Morgan fingerprint density at radius 1 is 0.700 bits per heavy atom. The lowest BCUT2D eigenvalue weighted by Crippen LogP contribution is -2.60. The summed E-state index contributed by atoms with van der Waals surface area (Å²) < 4.78 is 40.3. The van der Waals surface area contributed by atoms with Gasteiger partial charge in [0.1, 0.15) is 0 Å². The van der Waals surface area contributed by atoms with Crippen molar-refractivity contribution < 1.29 is 51.4 Å². The second-order valence-electron chi connectivity index (χ2n) is 9.08. The van der Waals surface area contributed by atoms with Crippen molar-refractivity contribution in [2.45, 2.75) is 85.8 Å². The Hall–Kier alpha value is -3.06. The Labute approximate surface area is 238 Å². The smallest absolute Gasteiger partial charge is 0.462 e. The standard InChI is InChI=1S/C28H44O11Si/c1-12-18-40(34-13-2,35-14-3)39-23(16-15-17-33-24(29)19(4)5)28(36-25(30)20(6)7,37-26(31)21(8)9)38-27(32)22(10)11/h23H,4,6,8,10,12-18H2,1-3,5,7,9,11H3. The lowest BCUT2D eigenvalue weighted by molar-refractivity contribution is -0.360. The van der Waals surface area contributed by atoms with E-state index in [9.17, 15) is 19.2 Å². The molecule has 0 saturated carbocycles. The zero-order chi connectivity index (χ0) is 31.1. The van der Waals surface area contributed by atoms with Gasteiger partial charge in [0.05, 0.1) is 6.61 Å². The highest BCUT2D eigenvalue weighted by molar-refractivity contribution is 6.60. The molecular weight excluding hydrogens is 540 g/mol. The van der Waals surface area contributed by atoms with Gasteiger partial charge in [0.2, 0.25) is 0 Å². The van der Waals surface area contributed by atoms with Crippen LogP contribution in [0.1, 0.15) is 67.7 Å². The number of esters is 4. The summed E-state index contributed by atoms with van der Waals surface area (Å²) in [6.45, 7) is 25.5. The van der Waals surface area contributed by atoms with Gasteiger partial charge in [-0.1, -0.05) is 39.7 Å². The molecule has 40 heavy (non-hydrogen) atoms. The molecule has 0 fully saturated rings. The Kier molecular flexibility index (Phi) is 16.2. The topological polar surface area (TPSA) is 133 Å². The first-order chi connectivity index (χ1) is 18.6. The molecule has 0 rings (SSSR count). The van der Waals surface area contributed by atoms with Crippen molar-refractivity contribution in [2.24, 2.45) is 0 Å². The number of hydrogen-bond donors (Lipinski definition) is 0. The van der Waals surface area contributed by atoms with Crippen molar-refractivity contribution in [3.8, 4) is 0 Å². The van der Waals surface area contributed by atoms with Gasteiger partial charge in [-0.2, -0.15) is 0 Å². The first-order valence-corrected chi connectivity index (χ1v) is 15.0. The molecule has 0 N–H and O–H groups in total. The van der Waals surface area contributed by atoms with Gasteiger partial charge < -0.3 is 32.2 Å². The van der Waals surface area contributed by atoms with E-state index in [0.29, 0.717) is 12.5 Å². The summed E-state index contributed by atoms with van der Waals surface area (Å²) in [7, 11) is -3.57. The van der Waals surface area contributed by atoms with Crippen molar-refractivity contribution >= 4 is 32.7 Å². The predicted octanol–water partition coefficient (Wildman–Crippen LogP) is 4.70. The molecule has 0 saturated heterocycles. The Balaban J connectivity index is 7.07. The van der Waals surface area contributed by atoms with Crippen LogP contribution in [0.5, 0.6) is 0 Å². The van der Waals surface area contributed by atoms with E-state index < -0.39 is 44.8 Å². The fraction of sp³-hybridized carbons (Fsp3) is 0.571. The van der Waals surface area contributed by atoms with Crippen LogP contribution < -0.4 is 0 Å². The number of carbonyl (C=O) groups is 4. The third-order valence-corrected chi connectivity index (χ3v) is 8.16. The largest absolute Gasteiger partial charge is 0.501 e. The average molecular weight is 585 g/mol. The van der Waals surface area contributed by atoms with E-state index in [2.05, 4.69) is 26.3 Å². The van der Waals surface area contributed by atoms with Crippen molar-refractivity contribution in [1.82, 2.24) is 0 Å². The zero-order valence-corrected chi connectivity index (χ0v) is 25.8. The van der Waals surface area contributed by atoms with Gasteiger partial charge >= 0.3 is 38.7 Å². The van der Waals surface area contributed by atoms with E-state index in [4.69, 9.17) is 32.2 Å². The summed E-state index contributed by atoms with van der Waals surface area (Å²) >= 11 is 0. The highest BCUT2D eigenvalue weighted by Gasteiger charge is 2.57. The number of ether oxygens (including phenoxy) is 4. The quantitative estimate of drug-likeness (QED) is 0.0648. The molecule has 0 aromatic heterocycles. The fourth-order valence-corrected chi connectivity index (χ4v) is 5.86. The molecule has 1 atom stereocenters. The summed E-state index contributed by atoms with van der Waals surface area (Å²) in [5.41, 5.74) is -0.0424. The zero-order valence-electron chi connectivity index (χ0n) is 24.8. The molecule has 0 aromatic carbocycles. The van der Waals surface area contributed by atoms with Gasteiger partial charge in [0, 0.05) is 41.6 Å². The molecule has 0 heterocycles. The van der Waals surface area contributed by atoms with Gasteiger partial charge in [-0.05, 0) is 54.4 Å². The molecule has 12 heteroatoms. The maximum atomic E-state index is 12.9. The summed E-state index contributed by atoms with van der Waals surface area (Å²) in [5.74, 6) is -6.51. The van der Waals surface area contributed by atoms with Crippen LogP contribution in [0.2, 0.25) is 6.04 Å². The van der Waals surface area contributed by atoms with Gasteiger partial charge in [-0.25, -0.2) is 19.2 Å². The molecule has 0 aliphatic heterocycles. The van der Waals surface area contributed by atoms with Crippen LogP contribution in [0.15, 0.2) is 48.6 Å². The molecular formula is C28H44O11Si. The summed E-state index contributed by atoms with van der Waals surface area (Å²) in [6, 6.07) is 0.337. The van der Waals surface area contributed by atoms with Crippen molar-refractivity contribution in [3.05, 3.63) is 48.6 Å². The van der Waals surface area contributed by atoms with Crippen molar-refractivity contribution in [3.63, 3.8) is 0 Å². The Morgan fingerprint density at radius 2 is 1.10 bits per heavy atom. The van der Waals surface area contributed by atoms with E-state index in [0.717, 1.165) is 0 Å². The second kappa shape index (κ2) is 17.6. The monoisotopic (exact) mass is 584 g/mol. The molecule has 226 valence electrons. The van der Waals surface area contributed by atoms with E-state index >= 15 is 0 Å². The van der Waals surface area contributed by atoms with Crippen LogP contribution in [-0.2, 0) is 51.4 Å². The minimum absolute atomic E-state index is 0.0806. The Bertz CT molecular complexity index is 883. The minimum atomic E-state index is -3.57. The molecule has 11 nitrogen and oxygen atoms in total. The van der Waals surface area contributed by atoms with Crippen LogP contribution in [0, 0.1) is 0 Å². The number of hydrogen-bond acceptors (Lipinski definition) is 11. The number of carbonyl (C=O) groups excluding carboxylic acids is 4. The fourth-order valence-electron chi connectivity index (χ4n) is 3.05. The van der Waals surface area contributed by atoms with Gasteiger partial charge in [-0.15, -0.1) is 0 Å². The lowest BCUT2D eigenvalue weighted by atomic mass is 10.1. The molecule has 0 bridgehead atoms. The van der Waals surface area contributed by atoms with E-state index in [1.807, 2.05) is 6.92 Å². The molecule has 0 aromatic rings. The van der Waals surface area contributed by atoms with Crippen molar-refractivity contribution in [2.75, 3.05) is 19.8 Å². The van der Waals surface area contributed by atoms with Crippen LogP contribution in [0.4, 0.5) is 0 Å². The average Bonchev–Trinajstić information content (AvgIpc) is 2.85. The number of rotatable bonds is 20. The normalized spacial score (nSPS) is 12.1. The van der Waals surface area contributed by atoms with Gasteiger partial charge in [0.15, 0.2) is 6.10 Å². The van der Waals surface area contributed by atoms with Crippen LogP contribution in [-0.4, -0.2) is 64.6 Å². The predicted molar refractivity (Wildman–Crippen MR) is 149 cm³/mol. The lowest BCUT2D eigenvalue weighted by Gasteiger charge is -2.40. The first-order valence-electron chi connectivity index (χ1n) is 13.0. The SMILES string of the molecule is C=C(C)C(=O)OCCCC(O[Si](CCC)(OCC)OCC)C(OC(=O)C(=C)C)(OC(=O)C(=C)C)OC(=O)C(=C)C. The summed E-state index contributed by atoms with van der Waals surface area (Å²) in [6.07, 6.45) is -0.925. The highest BCUT2D eigenvalue weighted by Crippen LogP contribution is 2.34. The molecule has 0 aliphatic carbocycles. The Morgan fingerprint density at radius 3 is 1.43 bits per heavy atom. The van der Waals surface area contributed by atoms with E-state index in [1.165, 1.54) is 27.7 Å². The molecule has 0 amide bonds. The summed E-state index contributed by atoms with van der Waals surface area (Å²) in [5, 5.41) is 0. The van der Waals surface area contributed by atoms with Gasteiger partial charge in [-0.3, -0.25) is 0 Å². The second-order valence-corrected chi connectivity index (χ2v) is 11.8. The molecule has 0 radical (unpaired) electrons. The third kappa shape index (κ3) is 12.0. The maximum Gasteiger partial charge on any atom is 0.501 e. The minimum Gasteiger partial charge on any atom is -0.462 e. The van der Waals surface area contributed by atoms with Crippen LogP contribution in [0.3, 0.4) is 0 Å². The first kappa shape index (κ1) is 36.9. The molecule has 0 spiro atoms. The highest BCUT2D eigenvalue weighted by atomic mass is 28.4. The molecule has 0 aliphatic rings. The maximum absolute atomic E-state index is 12.9. The van der Waals surface area contributed by atoms with E-state index in [-0.39, 0.29) is 55.0 Å². The third-order valence-electron chi connectivity index (χ3n) is 4.94. The van der Waals surface area contributed by atoms with Gasteiger partial charge in [0.25, 0.3) is 0 Å². The van der Waals surface area contributed by atoms with E-state index in [1.54, 1.807) is 13.8 Å². The van der Waals surface area contributed by atoms with Crippen LogP contribution in [0.25, 0.3) is 0 Å². The van der Waals surface area contributed by atoms with Crippen molar-refractivity contribution in [1.29, 1.82) is 0 Å². The molecule has 1 unspecified atom stereocenters.